The molecule has 184 valence electrons. The first-order valence-corrected chi connectivity index (χ1v) is 14.3. The van der Waals surface area contributed by atoms with E-state index in [1.54, 1.807) is 0 Å². The van der Waals surface area contributed by atoms with Gasteiger partial charge in [-0.1, -0.05) is 26.7 Å². The maximum Gasteiger partial charge on any atom is 0.312 e. The molecule has 0 aromatic carbocycles. The van der Waals surface area contributed by atoms with Crippen molar-refractivity contribution in [3.8, 4) is 0 Å². The van der Waals surface area contributed by atoms with Crippen molar-refractivity contribution in [2.45, 2.75) is 122 Å². The Kier molecular flexibility index (Phi) is 5.24. The van der Waals surface area contributed by atoms with Gasteiger partial charge >= 0.3 is 11.9 Å². The summed E-state index contributed by atoms with van der Waals surface area (Å²) < 4.78 is 12.6. The zero-order valence-corrected chi connectivity index (χ0v) is 21.0. The van der Waals surface area contributed by atoms with E-state index in [9.17, 15) is 9.59 Å². The van der Waals surface area contributed by atoms with E-state index in [0.717, 1.165) is 76.0 Å². The molecule has 7 aliphatic carbocycles. The van der Waals surface area contributed by atoms with Crippen LogP contribution in [0.2, 0.25) is 0 Å². The molecule has 33 heavy (non-hydrogen) atoms. The van der Waals surface area contributed by atoms with Crippen LogP contribution in [-0.4, -0.2) is 24.1 Å². The topological polar surface area (TPSA) is 52.6 Å². The molecule has 0 aromatic heterocycles. The lowest BCUT2D eigenvalue weighted by Crippen LogP contribution is -2.49. The highest BCUT2D eigenvalue weighted by Gasteiger charge is 2.69. The third-order valence-corrected chi connectivity index (χ3v) is 11.8. The maximum absolute atomic E-state index is 13.7. The summed E-state index contributed by atoms with van der Waals surface area (Å²) in [5.41, 5.74) is -0.897. The van der Waals surface area contributed by atoms with Crippen LogP contribution in [-0.2, 0) is 19.1 Å². The normalized spacial score (nSPS) is 46.6. The molecule has 0 radical (unpaired) electrons. The van der Waals surface area contributed by atoms with Crippen molar-refractivity contribution in [3.05, 3.63) is 0 Å². The first-order chi connectivity index (χ1) is 15.9. The fourth-order valence-electron chi connectivity index (χ4n) is 10.1. The molecular formula is C29H44O4. The molecule has 0 amide bonds. The van der Waals surface area contributed by atoms with Gasteiger partial charge < -0.3 is 9.47 Å². The molecule has 7 fully saturated rings. The minimum Gasteiger partial charge on any atom is -0.465 e. The van der Waals surface area contributed by atoms with Gasteiger partial charge in [-0.05, 0) is 114 Å². The second kappa shape index (κ2) is 7.72. The monoisotopic (exact) mass is 456 g/mol. The van der Waals surface area contributed by atoms with Crippen molar-refractivity contribution in [1.82, 2.24) is 0 Å². The SMILES string of the molecule is CCC1(OC(=O)C23CC4CC(C(=O)OC[C@@]5(CC)CC6CC[C@H]5C6)(CC4C2)C3)CCCCC1. The number of carbonyl (C=O) groups is 2. The Labute approximate surface area is 199 Å². The van der Waals surface area contributed by atoms with Crippen LogP contribution in [0.3, 0.4) is 0 Å². The predicted octanol–water partition coefficient (Wildman–Crippen LogP) is 6.60. The van der Waals surface area contributed by atoms with E-state index in [-0.39, 0.29) is 23.0 Å². The molecule has 4 nitrogen and oxygen atoms in total. The highest BCUT2D eigenvalue weighted by atomic mass is 16.6. The molecule has 0 aliphatic heterocycles. The second-order valence-electron chi connectivity index (χ2n) is 13.4. The minimum absolute atomic E-state index is 0.0186. The Balaban J connectivity index is 1.16. The number of ether oxygens (including phenoxy) is 2. The van der Waals surface area contributed by atoms with Gasteiger partial charge in [0.1, 0.15) is 5.60 Å². The Morgan fingerprint density at radius 3 is 2.03 bits per heavy atom. The number of hydrogen-bond donors (Lipinski definition) is 0. The predicted molar refractivity (Wildman–Crippen MR) is 126 cm³/mol. The van der Waals surface area contributed by atoms with Crippen LogP contribution in [0.4, 0.5) is 0 Å². The van der Waals surface area contributed by atoms with Crippen LogP contribution < -0.4 is 0 Å². The molecule has 0 saturated heterocycles. The molecule has 3 unspecified atom stereocenters. The number of fused-ring (bicyclic) bond motifs is 2. The Morgan fingerprint density at radius 2 is 1.48 bits per heavy atom. The van der Waals surface area contributed by atoms with Gasteiger partial charge in [0.15, 0.2) is 0 Å². The molecule has 0 aromatic rings. The highest BCUT2D eigenvalue weighted by Crippen LogP contribution is 2.70. The van der Waals surface area contributed by atoms with Crippen LogP contribution in [0.25, 0.3) is 0 Å². The van der Waals surface area contributed by atoms with Gasteiger partial charge in [0, 0.05) is 5.41 Å². The van der Waals surface area contributed by atoms with Crippen molar-refractivity contribution < 1.29 is 19.1 Å². The lowest BCUT2D eigenvalue weighted by Gasteiger charge is -2.46. The largest absolute Gasteiger partial charge is 0.465 e. The van der Waals surface area contributed by atoms with Gasteiger partial charge in [0.05, 0.1) is 17.4 Å². The number of esters is 2. The van der Waals surface area contributed by atoms with Crippen LogP contribution in [0.1, 0.15) is 117 Å². The third-order valence-electron chi connectivity index (χ3n) is 11.8. The number of rotatable bonds is 7. The lowest BCUT2D eigenvalue weighted by atomic mass is 9.61. The number of carbonyl (C=O) groups excluding carboxylic acids is 2. The summed E-state index contributed by atoms with van der Waals surface area (Å²) in [5, 5.41) is 0. The summed E-state index contributed by atoms with van der Waals surface area (Å²) in [5.74, 6) is 2.65. The first-order valence-electron chi connectivity index (χ1n) is 14.3. The molecule has 7 saturated carbocycles. The van der Waals surface area contributed by atoms with E-state index in [2.05, 4.69) is 13.8 Å². The summed E-state index contributed by atoms with van der Waals surface area (Å²) in [4.78, 5) is 27.4. The summed E-state index contributed by atoms with van der Waals surface area (Å²) in [7, 11) is 0. The van der Waals surface area contributed by atoms with Crippen LogP contribution in [0, 0.1) is 39.9 Å². The maximum atomic E-state index is 13.7. The fraction of sp³-hybridized carbons (Fsp3) is 0.931. The first kappa shape index (κ1) is 22.4. The average Bonchev–Trinajstić information content (AvgIpc) is 3.56. The van der Waals surface area contributed by atoms with Gasteiger partial charge in [0.2, 0.25) is 0 Å². The van der Waals surface area contributed by atoms with E-state index >= 15 is 0 Å². The van der Waals surface area contributed by atoms with Crippen LogP contribution >= 0.6 is 0 Å². The van der Waals surface area contributed by atoms with E-state index < -0.39 is 10.8 Å². The molecule has 5 atom stereocenters. The third kappa shape index (κ3) is 3.35. The average molecular weight is 457 g/mol. The van der Waals surface area contributed by atoms with Gasteiger partial charge in [-0.15, -0.1) is 0 Å². The Hall–Kier alpha value is -1.06. The fourth-order valence-corrected chi connectivity index (χ4v) is 10.1. The molecule has 7 aliphatic rings. The van der Waals surface area contributed by atoms with Crippen molar-refractivity contribution >= 4 is 11.9 Å². The summed E-state index contributed by atoms with van der Waals surface area (Å²) in [6, 6.07) is 0. The molecular weight excluding hydrogens is 412 g/mol. The van der Waals surface area contributed by atoms with Crippen molar-refractivity contribution in [1.29, 1.82) is 0 Å². The molecule has 0 spiro atoms. The minimum atomic E-state index is -0.431. The van der Waals surface area contributed by atoms with E-state index in [1.807, 2.05) is 0 Å². The zero-order chi connectivity index (χ0) is 22.9. The van der Waals surface area contributed by atoms with Gasteiger partial charge in [-0.2, -0.15) is 0 Å². The zero-order valence-electron chi connectivity index (χ0n) is 21.0. The summed E-state index contributed by atoms with van der Waals surface area (Å²) >= 11 is 0. The molecule has 4 heteroatoms. The van der Waals surface area contributed by atoms with Crippen LogP contribution in [0.5, 0.6) is 0 Å². The summed E-state index contributed by atoms with van der Waals surface area (Å²) in [6.07, 6.45) is 17.3. The highest BCUT2D eigenvalue weighted by molar-refractivity contribution is 5.84. The van der Waals surface area contributed by atoms with Crippen molar-refractivity contribution in [2.24, 2.45) is 39.9 Å². The lowest BCUT2D eigenvalue weighted by molar-refractivity contribution is -0.186. The summed E-state index contributed by atoms with van der Waals surface area (Å²) in [6.45, 7) is 5.06. The van der Waals surface area contributed by atoms with E-state index in [0.29, 0.717) is 24.9 Å². The van der Waals surface area contributed by atoms with Gasteiger partial charge in [-0.3, -0.25) is 9.59 Å². The van der Waals surface area contributed by atoms with Crippen LogP contribution in [0.15, 0.2) is 0 Å². The van der Waals surface area contributed by atoms with Gasteiger partial charge in [0.25, 0.3) is 0 Å². The Bertz CT molecular complexity index is 796. The van der Waals surface area contributed by atoms with E-state index in [4.69, 9.17) is 9.47 Å². The van der Waals surface area contributed by atoms with E-state index in [1.165, 1.54) is 32.1 Å². The second-order valence-corrected chi connectivity index (χ2v) is 13.4. The molecule has 0 heterocycles. The molecule has 0 N–H and O–H groups in total. The van der Waals surface area contributed by atoms with Crippen molar-refractivity contribution in [2.75, 3.05) is 6.61 Å². The number of hydrogen-bond acceptors (Lipinski definition) is 4. The smallest absolute Gasteiger partial charge is 0.312 e. The van der Waals surface area contributed by atoms with Gasteiger partial charge in [-0.25, -0.2) is 0 Å². The molecule has 7 rings (SSSR count). The standard InChI is InChI=1S/C29H44O4/c1-3-26(13-20-8-9-23(26)12-20)19-32-24(30)27-14-21-16-28(18-27,17-22(21)15-27)25(31)33-29(4-2)10-6-5-7-11-29/h20-23H,3-19H2,1-2H3/t20?,21?,22?,23-,26+,27?,28?/m0/s1. The molecule has 6 bridgehead atoms. The Morgan fingerprint density at radius 1 is 0.818 bits per heavy atom. The van der Waals surface area contributed by atoms with Crippen molar-refractivity contribution in [3.63, 3.8) is 0 Å². The quantitative estimate of drug-likeness (QED) is 0.405.